The molecule has 2 amide bonds. The molecule has 0 saturated heterocycles. The van der Waals surface area contributed by atoms with Crippen molar-refractivity contribution in [3.05, 3.63) is 65.2 Å². The van der Waals surface area contributed by atoms with Crippen molar-refractivity contribution in [3.63, 3.8) is 0 Å². The Balaban J connectivity index is 1.89. The number of hydrogen-bond acceptors (Lipinski definition) is 3. The van der Waals surface area contributed by atoms with Crippen LogP contribution in [-0.2, 0) is 4.79 Å². The van der Waals surface area contributed by atoms with Gasteiger partial charge in [0.05, 0.1) is 12.6 Å². The van der Waals surface area contributed by atoms with Gasteiger partial charge in [-0.1, -0.05) is 12.1 Å². The maximum absolute atomic E-state index is 13.2. The van der Waals surface area contributed by atoms with Gasteiger partial charge in [-0.2, -0.15) is 8.78 Å². The summed E-state index contributed by atoms with van der Waals surface area (Å²) in [5, 5.41) is 4.85. The van der Waals surface area contributed by atoms with Gasteiger partial charge < -0.3 is 15.4 Å². The van der Waals surface area contributed by atoms with Gasteiger partial charge in [-0.3, -0.25) is 9.59 Å². The Bertz CT molecular complexity index is 830. The normalized spacial score (nSPS) is 11.8. The zero-order valence-electron chi connectivity index (χ0n) is 14.1. The Morgan fingerprint density at radius 3 is 2.48 bits per heavy atom. The maximum atomic E-state index is 13.2. The lowest BCUT2D eigenvalue weighted by Crippen LogP contribution is -2.38. The predicted octanol–water partition coefficient (Wildman–Crippen LogP) is 3.17. The minimum Gasteiger partial charge on any atom is -0.435 e. The van der Waals surface area contributed by atoms with Crippen LogP contribution in [0, 0.1) is 11.6 Å². The molecule has 0 fully saturated rings. The summed E-state index contributed by atoms with van der Waals surface area (Å²) in [5.74, 6) is -3.45. The molecular weight excluding hydrogens is 368 g/mol. The Morgan fingerprint density at radius 2 is 1.81 bits per heavy atom. The van der Waals surface area contributed by atoms with E-state index in [0.29, 0.717) is 5.56 Å². The third-order valence-corrected chi connectivity index (χ3v) is 3.55. The van der Waals surface area contributed by atoms with E-state index in [4.69, 9.17) is 0 Å². The third-order valence-electron chi connectivity index (χ3n) is 3.55. The quantitative estimate of drug-likeness (QED) is 0.721. The van der Waals surface area contributed by atoms with Crippen molar-refractivity contribution in [1.82, 2.24) is 10.6 Å². The number of halogens is 4. The molecule has 2 aromatic carbocycles. The van der Waals surface area contributed by atoms with Crippen LogP contribution in [0.3, 0.4) is 0 Å². The molecule has 0 saturated carbocycles. The summed E-state index contributed by atoms with van der Waals surface area (Å²) in [4.78, 5) is 23.9. The average molecular weight is 384 g/mol. The van der Waals surface area contributed by atoms with Gasteiger partial charge >= 0.3 is 6.61 Å². The molecule has 0 aliphatic carbocycles. The van der Waals surface area contributed by atoms with Crippen molar-refractivity contribution in [1.29, 1.82) is 0 Å². The molecule has 0 aliphatic rings. The molecule has 0 aromatic heterocycles. The number of amides is 2. The van der Waals surface area contributed by atoms with E-state index in [1.807, 2.05) is 0 Å². The zero-order chi connectivity index (χ0) is 20.0. The van der Waals surface area contributed by atoms with Crippen molar-refractivity contribution in [3.8, 4) is 5.75 Å². The fourth-order valence-corrected chi connectivity index (χ4v) is 2.23. The highest BCUT2D eigenvalue weighted by Gasteiger charge is 2.14. The van der Waals surface area contributed by atoms with Crippen LogP contribution in [0.5, 0.6) is 5.75 Å². The second-order valence-electron chi connectivity index (χ2n) is 5.55. The van der Waals surface area contributed by atoms with E-state index in [1.165, 1.54) is 24.3 Å². The number of nitrogens with one attached hydrogen (secondary N) is 2. The van der Waals surface area contributed by atoms with Crippen molar-refractivity contribution in [2.75, 3.05) is 6.54 Å². The molecule has 0 bridgehead atoms. The number of alkyl halides is 2. The molecule has 2 aromatic rings. The summed E-state index contributed by atoms with van der Waals surface area (Å²) in [7, 11) is 0. The van der Waals surface area contributed by atoms with Gasteiger partial charge in [0.15, 0.2) is 11.6 Å². The molecular formula is C18H16F4N2O3. The van der Waals surface area contributed by atoms with E-state index in [1.54, 1.807) is 6.92 Å². The zero-order valence-corrected chi connectivity index (χ0v) is 14.1. The lowest BCUT2D eigenvalue weighted by molar-refractivity contribution is -0.120. The van der Waals surface area contributed by atoms with Gasteiger partial charge in [-0.25, -0.2) is 8.78 Å². The van der Waals surface area contributed by atoms with Gasteiger partial charge in [-0.05, 0) is 42.8 Å². The van der Waals surface area contributed by atoms with Gasteiger partial charge in [0, 0.05) is 5.56 Å². The summed E-state index contributed by atoms with van der Waals surface area (Å²) in [6, 6.07) is 7.73. The van der Waals surface area contributed by atoms with E-state index in [9.17, 15) is 27.2 Å². The minimum atomic E-state index is -3.02. The van der Waals surface area contributed by atoms with Crippen molar-refractivity contribution in [2.24, 2.45) is 0 Å². The van der Waals surface area contributed by atoms with E-state index >= 15 is 0 Å². The number of carbonyl (C=O) groups is 2. The Kier molecular flexibility index (Phi) is 6.75. The van der Waals surface area contributed by atoms with Crippen molar-refractivity contribution < 1.29 is 31.9 Å². The van der Waals surface area contributed by atoms with Crippen molar-refractivity contribution >= 4 is 11.8 Å². The fourth-order valence-electron chi connectivity index (χ4n) is 2.23. The second kappa shape index (κ2) is 9.02. The number of ether oxygens (including phenoxy) is 1. The summed E-state index contributed by atoms with van der Waals surface area (Å²) in [6.45, 7) is -1.85. The van der Waals surface area contributed by atoms with Gasteiger partial charge in [-0.15, -0.1) is 0 Å². The molecule has 2 N–H and O–H groups in total. The molecule has 1 atom stereocenters. The highest BCUT2D eigenvalue weighted by atomic mass is 19.3. The topological polar surface area (TPSA) is 67.4 Å². The molecule has 27 heavy (non-hydrogen) atoms. The Hall–Kier alpha value is -3.10. The van der Waals surface area contributed by atoms with Gasteiger partial charge in [0.1, 0.15) is 5.75 Å². The molecule has 9 heteroatoms. The van der Waals surface area contributed by atoms with E-state index in [-0.39, 0.29) is 11.3 Å². The van der Waals surface area contributed by atoms with Crippen LogP contribution < -0.4 is 15.4 Å². The molecule has 0 spiro atoms. The fraction of sp³-hybridized carbons (Fsp3) is 0.222. The minimum absolute atomic E-state index is 0.0367. The second-order valence-corrected chi connectivity index (χ2v) is 5.55. The largest absolute Gasteiger partial charge is 0.435 e. The van der Waals surface area contributed by atoms with Gasteiger partial charge in [0.2, 0.25) is 5.91 Å². The van der Waals surface area contributed by atoms with Crippen molar-refractivity contribution in [2.45, 2.75) is 19.6 Å². The highest BCUT2D eigenvalue weighted by Crippen LogP contribution is 2.17. The number of benzene rings is 2. The summed E-state index contributed by atoms with van der Waals surface area (Å²) in [5.41, 5.74) is 0.389. The average Bonchev–Trinajstić information content (AvgIpc) is 2.61. The van der Waals surface area contributed by atoms with Crippen LogP contribution >= 0.6 is 0 Å². The lowest BCUT2D eigenvalue weighted by atomic mass is 10.1. The van der Waals surface area contributed by atoms with Crippen LogP contribution in [0.15, 0.2) is 42.5 Å². The van der Waals surface area contributed by atoms with E-state index in [2.05, 4.69) is 15.4 Å². The first-order valence-corrected chi connectivity index (χ1v) is 7.83. The molecule has 5 nitrogen and oxygen atoms in total. The first-order chi connectivity index (χ1) is 12.8. The standard InChI is InChI=1S/C18H16F4N2O3/c1-10(11-5-6-14(19)15(20)8-11)24-16(25)9-23-17(26)12-3-2-4-13(7-12)27-18(21)22/h2-8,10,18H,9H2,1H3,(H,23,26)(H,24,25)/t10-/m0/s1. The smallest absolute Gasteiger partial charge is 0.387 e. The lowest BCUT2D eigenvalue weighted by Gasteiger charge is -2.15. The number of carbonyl (C=O) groups excluding carboxylic acids is 2. The van der Waals surface area contributed by atoms with Crippen LogP contribution in [0.4, 0.5) is 17.6 Å². The summed E-state index contributed by atoms with van der Waals surface area (Å²) in [6.07, 6.45) is 0. The SMILES string of the molecule is C[C@H](NC(=O)CNC(=O)c1cccc(OC(F)F)c1)c1ccc(F)c(F)c1. The Labute approximate surface area is 152 Å². The summed E-state index contributed by atoms with van der Waals surface area (Å²) >= 11 is 0. The molecule has 0 unspecified atom stereocenters. The molecule has 2 rings (SSSR count). The summed E-state index contributed by atoms with van der Waals surface area (Å²) < 4.78 is 54.8. The van der Waals surface area contributed by atoms with Crippen LogP contribution in [-0.4, -0.2) is 25.0 Å². The molecule has 144 valence electrons. The molecule has 0 radical (unpaired) electrons. The third kappa shape index (κ3) is 5.98. The first-order valence-electron chi connectivity index (χ1n) is 7.83. The van der Waals surface area contributed by atoms with Crippen LogP contribution in [0.2, 0.25) is 0 Å². The molecule has 0 heterocycles. The maximum Gasteiger partial charge on any atom is 0.387 e. The van der Waals surface area contributed by atoms with Gasteiger partial charge in [0.25, 0.3) is 5.91 Å². The first kappa shape index (κ1) is 20.2. The monoisotopic (exact) mass is 384 g/mol. The van der Waals surface area contributed by atoms with E-state index in [0.717, 1.165) is 18.2 Å². The van der Waals surface area contributed by atoms with Crippen LogP contribution in [0.1, 0.15) is 28.9 Å². The molecule has 0 aliphatic heterocycles. The number of hydrogen-bond donors (Lipinski definition) is 2. The predicted molar refractivity (Wildman–Crippen MR) is 88.3 cm³/mol. The Morgan fingerprint density at radius 1 is 1.07 bits per heavy atom. The number of rotatable bonds is 7. The van der Waals surface area contributed by atoms with Crippen LogP contribution in [0.25, 0.3) is 0 Å². The van der Waals surface area contributed by atoms with E-state index < -0.39 is 42.6 Å². The highest BCUT2D eigenvalue weighted by molar-refractivity contribution is 5.96.